The molecule has 0 aliphatic carbocycles. The van der Waals surface area contributed by atoms with Gasteiger partial charge in [-0.2, -0.15) is 0 Å². The summed E-state index contributed by atoms with van der Waals surface area (Å²) in [5.74, 6) is -1.54. The van der Waals surface area contributed by atoms with Gasteiger partial charge in [-0.3, -0.25) is 14.4 Å². The highest BCUT2D eigenvalue weighted by Crippen LogP contribution is 2.40. The first-order valence-electron chi connectivity index (χ1n) is 10.2. The van der Waals surface area contributed by atoms with Gasteiger partial charge in [-0.05, 0) is 50.0 Å². The van der Waals surface area contributed by atoms with Crippen molar-refractivity contribution in [1.29, 1.82) is 0 Å². The van der Waals surface area contributed by atoms with E-state index in [9.17, 15) is 19.5 Å². The Balaban J connectivity index is 2.12. The van der Waals surface area contributed by atoms with Crippen LogP contribution < -0.4 is 9.47 Å². The third kappa shape index (κ3) is 5.18. The van der Waals surface area contributed by atoms with Crippen LogP contribution in [0.5, 0.6) is 11.5 Å². The minimum atomic E-state index is -0.822. The Labute approximate surface area is 197 Å². The molecule has 33 heavy (non-hydrogen) atoms. The predicted molar refractivity (Wildman–Crippen MR) is 123 cm³/mol. The van der Waals surface area contributed by atoms with Crippen molar-refractivity contribution in [2.24, 2.45) is 0 Å². The van der Waals surface area contributed by atoms with E-state index < -0.39 is 23.7 Å². The molecule has 1 amide bonds. The molecule has 1 saturated heterocycles. The van der Waals surface area contributed by atoms with Crippen LogP contribution in [-0.4, -0.2) is 66.9 Å². The maximum atomic E-state index is 13.0. The topological polar surface area (TPSA) is 96.4 Å². The Bertz CT molecular complexity index is 1110. The fraction of sp³-hybridized carbons (Fsp3) is 0.292. The van der Waals surface area contributed by atoms with E-state index in [0.29, 0.717) is 23.6 Å². The second kappa shape index (κ2) is 10.1. The minimum Gasteiger partial charge on any atom is -0.507 e. The van der Waals surface area contributed by atoms with Gasteiger partial charge in [0.1, 0.15) is 17.3 Å². The molecule has 1 atom stereocenters. The molecule has 1 fully saturated rings. The van der Waals surface area contributed by atoms with Gasteiger partial charge in [0.05, 0.1) is 23.7 Å². The van der Waals surface area contributed by atoms with Crippen molar-refractivity contribution >= 4 is 35.0 Å². The molecule has 0 saturated carbocycles. The summed E-state index contributed by atoms with van der Waals surface area (Å²) in [6.07, 6.45) is 0. The molecule has 0 aromatic heterocycles. The van der Waals surface area contributed by atoms with Crippen molar-refractivity contribution in [2.75, 3.05) is 34.3 Å². The fourth-order valence-corrected chi connectivity index (χ4v) is 3.88. The number of Topliss-reactive ketones (excluding diaryl/α,β-unsaturated/α-hetero) is 1. The molecular weight excluding hydrogens is 448 g/mol. The van der Waals surface area contributed by atoms with E-state index in [-0.39, 0.29) is 28.5 Å². The summed E-state index contributed by atoms with van der Waals surface area (Å²) in [6, 6.07) is 10.3. The number of likely N-dealkylation sites (tertiary alicyclic amines) is 1. The number of rotatable bonds is 7. The number of nitrogens with zero attached hydrogens (tertiary/aromatic N) is 2. The molecule has 174 valence electrons. The number of carbonyl (C=O) groups excluding carboxylic acids is 3. The van der Waals surface area contributed by atoms with Gasteiger partial charge < -0.3 is 24.4 Å². The van der Waals surface area contributed by atoms with Gasteiger partial charge in [-0.1, -0.05) is 23.7 Å². The van der Waals surface area contributed by atoms with Crippen LogP contribution in [-0.2, 0) is 14.4 Å². The SMILES string of the molecule is COc1ccc(/C(O)=C2/C(=O)C(=O)N(CCN(C)C)C2c2ccc(OC(C)=O)cc2)cc1Cl. The van der Waals surface area contributed by atoms with Crippen LogP contribution >= 0.6 is 11.6 Å². The van der Waals surface area contributed by atoms with E-state index in [2.05, 4.69) is 0 Å². The summed E-state index contributed by atoms with van der Waals surface area (Å²) in [7, 11) is 5.19. The molecule has 1 aliphatic rings. The summed E-state index contributed by atoms with van der Waals surface area (Å²) < 4.78 is 10.2. The van der Waals surface area contributed by atoms with E-state index in [4.69, 9.17) is 21.1 Å². The lowest BCUT2D eigenvalue weighted by Gasteiger charge is -2.26. The van der Waals surface area contributed by atoms with Crippen LogP contribution in [0.4, 0.5) is 0 Å². The molecule has 1 unspecified atom stereocenters. The van der Waals surface area contributed by atoms with Crippen LogP contribution in [0.3, 0.4) is 0 Å². The molecule has 1 heterocycles. The quantitative estimate of drug-likeness (QED) is 0.217. The molecule has 2 aromatic carbocycles. The molecule has 3 rings (SSSR count). The highest BCUT2D eigenvalue weighted by Gasteiger charge is 2.45. The number of aliphatic hydroxyl groups is 1. The number of halogens is 1. The zero-order valence-corrected chi connectivity index (χ0v) is 19.5. The number of amides is 1. The summed E-state index contributed by atoms with van der Waals surface area (Å²) in [6.45, 7) is 2.08. The average molecular weight is 473 g/mol. The number of ketones is 1. The third-order valence-electron chi connectivity index (χ3n) is 5.21. The molecular formula is C24H25ClN2O6. The standard InChI is InChI=1S/C24H25ClN2O6/c1-14(28)33-17-8-5-15(6-9-17)21-20(23(30)24(31)27(21)12-11-26(2)3)22(29)16-7-10-19(32-4)18(25)13-16/h5-10,13,21,29H,11-12H2,1-4H3/b22-20-. The number of benzene rings is 2. The van der Waals surface area contributed by atoms with Gasteiger partial charge in [0.2, 0.25) is 0 Å². The van der Waals surface area contributed by atoms with Crippen LogP contribution in [0.25, 0.3) is 5.76 Å². The van der Waals surface area contributed by atoms with Crippen LogP contribution in [0.15, 0.2) is 48.0 Å². The Morgan fingerprint density at radius 3 is 2.36 bits per heavy atom. The molecule has 1 N–H and O–H groups in total. The molecule has 8 nitrogen and oxygen atoms in total. The Kier molecular flexibility index (Phi) is 7.40. The molecule has 0 spiro atoms. The first-order chi connectivity index (χ1) is 15.6. The number of carbonyl (C=O) groups is 3. The van der Waals surface area contributed by atoms with Gasteiger partial charge >= 0.3 is 5.97 Å². The minimum absolute atomic E-state index is 0.0415. The summed E-state index contributed by atoms with van der Waals surface area (Å²) >= 11 is 6.20. The third-order valence-corrected chi connectivity index (χ3v) is 5.51. The molecule has 2 aromatic rings. The van der Waals surface area contributed by atoms with Crippen molar-refractivity contribution in [3.05, 3.63) is 64.2 Å². The highest BCUT2D eigenvalue weighted by atomic mass is 35.5. The van der Waals surface area contributed by atoms with Crippen molar-refractivity contribution in [1.82, 2.24) is 9.80 Å². The lowest BCUT2D eigenvalue weighted by molar-refractivity contribution is -0.140. The van der Waals surface area contributed by atoms with Gasteiger partial charge in [-0.15, -0.1) is 0 Å². The van der Waals surface area contributed by atoms with E-state index >= 15 is 0 Å². The molecule has 1 aliphatic heterocycles. The fourth-order valence-electron chi connectivity index (χ4n) is 3.62. The maximum absolute atomic E-state index is 13.0. The van der Waals surface area contributed by atoms with Crippen molar-refractivity contribution in [3.8, 4) is 11.5 Å². The monoisotopic (exact) mass is 472 g/mol. The van der Waals surface area contributed by atoms with E-state index in [1.54, 1.807) is 36.4 Å². The van der Waals surface area contributed by atoms with Crippen molar-refractivity contribution in [2.45, 2.75) is 13.0 Å². The van der Waals surface area contributed by atoms with Gasteiger partial charge in [0.25, 0.3) is 11.7 Å². The number of methoxy groups -OCH3 is 1. The van der Waals surface area contributed by atoms with Crippen molar-refractivity contribution < 1.29 is 29.0 Å². The Hall–Kier alpha value is -3.36. The summed E-state index contributed by atoms with van der Waals surface area (Å²) in [4.78, 5) is 40.5. The zero-order chi connectivity index (χ0) is 24.3. The Morgan fingerprint density at radius 2 is 1.82 bits per heavy atom. The van der Waals surface area contributed by atoms with E-state index in [0.717, 1.165) is 0 Å². The maximum Gasteiger partial charge on any atom is 0.308 e. The number of ether oxygens (including phenoxy) is 2. The van der Waals surface area contributed by atoms with Gasteiger partial charge in [0, 0.05) is 25.6 Å². The first kappa shape index (κ1) is 24.3. The lowest BCUT2D eigenvalue weighted by atomic mass is 9.95. The second-order valence-electron chi connectivity index (χ2n) is 7.81. The molecule has 0 bridgehead atoms. The van der Waals surface area contributed by atoms with Gasteiger partial charge in [0.15, 0.2) is 0 Å². The number of aliphatic hydroxyl groups excluding tert-OH is 1. The summed E-state index contributed by atoms with van der Waals surface area (Å²) in [5, 5.41) is 11.4. The van der Waals surface area contributed by atoms with Crippen LogP contribution in [0.1, 0.15) is 24.1 Å². The predicted octanol–water partition coefficient (Wildman–Crippen LogP) is 3.26. The molecule has 0 radical (unpaired) electrons. The summed E-state index contributed by atoms with van der Waals surface area (Å²) in [5.41, 5.74) is 0.832. The first-order valence-corrected chi connectivity index (χ1v) is 10.6. The number of hydrogen-bond acceptors (Lipinski definition) is 7. The van der Waals surface area contributed by atoms with Crippen LogP contribution in [0, 0.1) is 0 Å². The normalized spacial score (nSPS) is 17.5. The van der Waals surface area contributed by atoms with Crippen molar-refractivity contribution in [3.63, 3.8) is 0 Å². The van der Waals surface area contributed by atoms with Gasteiger partial charge in [-0.25, -0.2) is 0 Å². The zero-order valence-electron chi connectivity index (χ0n) is 18.8. The Morgan fingerprint density at radius 1 is 1.15 bits per heavy atom. The van der Waals surface area contributed by atoms with E-state index in [1.807, 2.05) is 19.0 Å². The number of esters is 1. The number of hydrogen-bond donors (Lipinski definition) is 1. The lowest BCUT2D eigenvalue weighted by Crippen LogP contribution is -2.35. The van der Waals surface area contributed by atoms with E-state index in [1.165, 1.54) is 25.0 Å². The second-order valence-corrected chi connectivity index (χ2v) is 8.21. The highest BCUT2D eigenvalue weighted by molar-refractivity contribution is 6.46. The molecule has 9 heteroatoms. The smallest absolute Gasteiger partial charge is 0.308 e. The number of likely N-dealkylation sites (N-methyl/N-ethyl adjacent to an activating group) is 1. The van der Waals surface area contributed by atoms with Crippen LogP contribution in [0.2, 0.25) is 5.02 Å². The largest absolute Gasteiger partial charge is 0.507 e. The average Bonchev–Trinajstić information content (AvgIpc) is 3.02.